The van der Waals surface area contributed by atoms with Crippen LogP contribution in [0.4, 0.5) is 19.1 Å². The molecule has 10 heteroatoms. The summed E-state index contributed by atoms with van der Waals surface area (Å²) >= 11 is 0. The molecule has 1 aromatic rings. The number of nitrogens with one attached hydrogen (secondary N) is 1. The Hall–Kier alpha value is -1.84. The summed E-state index contributed by atoms with van der Waals surface area (Å²) in [7, 11) is 1.53. The van der Waals surface area contributed by atoms with Gasteiger partial charge in [0.2, 0.25) is 11.9 Å². The smallest absolute Gasteiger partial charge is 0.384 e. The fraction of sp³-hybridized carbons (Fsp3) is 0.800. The Morgan fingerprint density at radius 1 is 1.48 bits per heavy atom. The molecule has 0 spiro atoms. The summed E-state index contributed by atoms with van der Waals surface area (Å²) in [6, 6.07) is -2.07. The van der Waals surface area contributed by atoms with Crippen LogP contribution >= 0.6 is 0 Å². The molecule has 1 aromatic heterocycles. The monoisotopic (exact) mass is 361 g/mol. The van der Waals surface area contributed by atoms with Crippen LogP contribution in [0.15, 0.2) is 6.33 Å². The summed E-state index contributed by atoms with van der Waals surface area (Å²) in [5, 5.41) is 6.78. The lowest BCUT2D eigenvalue weighted by Crippen LogP contribution is -2.49. The Kier molecular flexibility index (Phi) is 5.16. The molecule has 3 atom stereocenters. The number of halogens is 3. The van der Waals surface area contributed by atoms with Gasteiger partial charge in [0.1, 0.15) is 6.33 Å². The summed E-state index contributed by atoms with van der Waals surface area (Å²) in [5.74, 6) is 0.0786. The third kappa shape index (κ3) is 3.88. The van der Waals surface area contributed by atoms with E-state index < -0.39 is 12.2 Å². The van der Waals surface area contributed by atoms with Crippen molar-refractivity contribution in [3.05, 3.63) is 6.33 Å². The summed E-state index contributed by atoms with van der Waals surface area (Å²) in [6.45, 7) is 1.45. The standard InChI is InChI=1S/C15H22F3N5O2/c1-25-6-4-13(24)22-5-2-3-10(8-22)11-7-12(15(16,17)18)23-14(21-11)19-9-20-23/h9-12H,2-8H2,1H3,(H,19,20,21)/t10-,11+,12-/m1/s1. The molecule has 0 saturated carbocycles. The van der Waals surface area contributed by atoms with Gasteiger partial charge in [-0.1, -0.05) is 0 Å². The maximum absolute atomic E-state index is 13.4. The average Bonchev–Trinajstić information content (AvgIpc) is 3.06. The molecule has 0 aliphatic carbocycles. The second-order valence-electron chi connectivity index (χ2n) is 6.56. The van der Waals surface area contributed by atoms with Crippen LogP contribution in [0.3, 0.4) is 0 Å². The molecule has 25 heavy (non-hydrogen) atoms. The van der Waals surface area contributed by atoms with Gasteiger partial charge in [-0.3, -0.25) is 4.79 Å². The predicted molar refractivity (Wildman–Crippen MR) is 82.9 cm³/mol. The van der Waals surface area contributed by atoms with Crippen LogP contribution in [-0.2, 0) is 9.53 Å². The van der Waals surface area contributed by atoms with E-state index in [1.807, 2.05) is 0 Å². The van der Waals surface area contributed by atoms with Crippen LogP contribution in [-0.4, -0.2) is 64.6 Å². The van der Waals surface area contributed by atoms with Crippen molar-refractivity contribution in [1.29, 1.82) is 0 Å². The lowest BCUT2D eigenvalue weighted by atomic mass is 9.86. The minimum absolute atomic E-state index is 0.0158. The van der Waals surface area contributed by atoms with Gasteiger partial charge in [-0.2, -0.15) is 23.3 Å². The summed E-state index contributed by atoms with van der Waals surface area (Å²) in [6.07, 6.45) is -1.50. The molecule has 0 radical (unpaired) electrons. The van der Waals surface area contributed by atoms with E-state index in [0.29, 0.717) is 26.1 Å². The van der Waals surface area contributed by atoms with E-state index >= 15 is 0 Å². The molecule has 2 aliphatic rings. The number of hydrogen-bond donors (Lipinski definition) is 1. The number of fused-ring (bicyclic) bond motifs is 1. The SMILES string of the molecule is COCCC(=O)N1CCC[C@@H]([C@@H]2C[C@H](C(F)(F)F)n3ncnc3N2)C1. The number of alkyl halides is 3. The first-order valence-electron chi connectivity index (χ1n) is 8.39. The number of anilines is 1. The van der Waals surface area contributed by atoms with Crippen molar-refractivity contribution in [3.8, 4) is 0 Å². The van der Waals surface area contributed by atoms with E-state index in [4.69, 9.17) is 4.74 Å². The van der Waals surface area contributed by atoms with E-state index in [0.717, 1.165) is 23.9 Å². The van der Waals surface area contributed by atoms with Crippen LogP contribution in [0.1, 0.15) is 31.7 Å². The molecular formula is C15H22F3N5O2. The van der Waals surface area contributed by atoms with Crippen LogP contribution in [0, 0.1) is 5.92 Å². The Bertz CT molecular complexity index is 606. The van der Waals surface area contributed by atoms with Crippen molar-refractivity contribution < 1.29 is 22.7 Å². The largest absolute Gasteiger partial charge is 0.411 e. The molecule has 1 N–H and O–H groups in total. The zero-order valence-corrected chi connectivity index (χ0v) is 14.0. The van der Waals surface area contributed by atoms with Crippen LogP contribution in [0.2, 0.25) is 0 Å². The Morgan fingerprint density at radius 2 is 2.28 bits per heavy atom. The van der Waals surface area contributed by atoms with Crippen LogP contribution in [0.25, 0.3) is 0 Å². The molecule has 2 aliphatic heterocycles. The van der Waals surface area contributed by atoms with Crippen molar-refractivity contribution in [2.45, 2.75) is 43.9 Å². The molecule has 1 saturated heterocycles. The molecule has 7 nitrogen and oxygen atoms in total. The molecule has 3 heterocycles. The molecule has 1 amide bonds. The van der Waals surface area contributed by atoms with E-state index in [-0.39, 0.29) is 30.2 Å². The Labute approximate surface area is 143 Å². The van der Waals surface area contributed by atoms with E-state index in [1.54, 1.807) is 4.90 Å². The second-order valence-corrected chi connectivity index (χ2v) is 6.56. The van der Waals surface area contributed by atoms with Crippen LogP contribution < -0.4 is 5.32 Å². The summed E-state index contributed by atoms with van der Waals surface area (Å²) in [5.41, 5.74) is 0. The molecule has 140 valence electrons. The first-order chi connectivity index (χ1) is 11.9. The third-order valence-electron chi connectivity index (χ3n) is 4.94. The summed E-state index contributed by atoms with van der Waals surface area (Å²) < 4.78 is 46.0. The first kappa shape index (κ1) is 18.0. The lowest BCUT2D eigenvalue weighted by Gasteiger charge is -2.41. The zero-order valence-electron chi connectivity index (χ0n) is 14.0. The van der Waals surface area contributed by atoms with Gasteiger partial charge >= 0.3 is 6.18 Å². The second kappa shape index (κ2) is 7.19. The van der Waals surface area contributed by atoms with Gasteiger partial charge in [0.15, 0.2) is 6.04 Å². The van der Waals surface area contributed by atoms with Crippen molar-refractivity contribution in [2.75, 3.05) is 32.1 Å². The molecule has 1 fully saturated rings. The molecule has 0 bridgehead atoms. The normalized spacial score (nSPS) is 26.9. The van der Waals surface area contributed by atoms with Gasteiger partial charge in [-0.25, -0.2) is 4.68 Å². The molecule has 3 rings (SSSR count). The topological polar surface area (TPSA) is 72.3 Å². The highest BCUT2D eigenvalue weighted by Crippen LogP contribution is 2.40. The number of likely N-dealkylation sites (tertiary alicyclic amines) is 1. The number of ether oxygens (including phenoxy) is 1. The Balaban J connectivity index is 1.70. The van der Waals surface area contributed by atoms with E-state index in [9.17, 15) is 18.0 Å². The maximum Gasteiger partial charge on any atom is 0.411 e. The minimum Gasteiger partial charge on any atom is -0.384 e. The number of carbonyl (C=O) groups excluding carboxylic acids is 1. The number of aromatic nitrogens is 3. The van der Waals surface area contributed by atoms with E-state index in [2.05, 4.69) is 15.4 Å². The number of methoxy groups -OCH3 is 1. The van der Waals surface area contributed by atoms with E-state index in [1.165, 1.54) is 7.11 Å². The maximum atomic E-state index is 13.4. The fourth-order valence-electron chi connectivity index (χ4n) is 3.64. The highest BCUT2D eigenvalue weighted by molar-refractivity contribution is 5.76. The van der Waals surface area contributed by atoms with Crippen LogP contribution in [0.5, 0.6) is 0 Å². The predicted octanol–water partition coefficient (Wildman–Crippen LogP) is 1.84. The minimum atomic E-state index is -4.38. The number of nitrogens with zero attached hydrogens (tertiary/aromatic N) is 4. The van der Waals surface area contributed by atoms with Gasteiger partial charge in [0.05, 0.1) is 13.0 Å². The highest BCUT2D eigenvalue weighted by atomic mass is 19.4. The molecule has 0 aromatic carbocycles. The fourth-order valence-corrected chi connectivity index (χ4v) is 3.64. The van der Waals surface area contributed by atoms with Gasteiger partial charge in [0.25, 0.3) is 0 Å². The van der Waals surface area contributed by atoms with Gasteiger partial charge in [-0.15, -0.1) is 0 Å². The zero-order chi connectivity index (χ0) is 18.0. The van der Waals surface area contributed by atoms with Gasteiger partial charge < -0.3 is 15.0 Å². The van der Waals surface area contributed by atoms with Gasteiger partial charge in [0, 0.05) is 26.2 Å². The number of carbonyl (C=O) groups is 1. The molecule has 0 unspecified atom stereocenters. The molecular weight excluding hydrogens is 339 g/mol. The van der Waals surface area contributed by atoms with Gasteiger partial charge in [-0.05, 0) is 25.2 Å². The number of rotatable bonds is 4. The van der Waals surface area contributed by atoms with Crippen molar-refractivity contribution in [1.82, 2.24) is 19.7 Å². The summed E-state index contributed by atoms with van der Waals surface area (Å²) in [4.78, 5) is 17.8. The highest BCUT2D eigenvalue weighted by Gasteiger charge is 2.48. The number of amides is 1. The van der Waals surface area contributed by atoms with Crippen molar-refractivity contribution >= 4 is 11.9 Å². The van der Waals surface area contributed by atoms with Crippen molar-refractivity contribution in [2.24, 2.45) is 5.92 Å². The lowest BCUT2D eigenvalue weighted by molar-refractivity contribution is -0.175. The quantitative estimate of drug-likeness (QED) is 0.886. The van der Waals surface area contributed by atoms with Crippen molar-refractivity contribution in [3.63, 3.8) is 0 Å². The third-order valence-corrected chi connectivity index (χ3v) is 4.94. The Morgan fingerprint density at radius 3 is 3.00 bits per heavy atom. The number of hydrogen-bond acceptors (Lipinski definition) is 5. The first-order valence-corrected chi connectivity index (χ1v) is 8.39. The average molecular weight is 361 g/mol. The number of piperidine rings is 1.